The van der Waals surface area contributed by atoms with Crippen molar-refractivity contribution in [3.63, 3.8) is 0 Å². The maximum Gasteiger partial charge on any atom is 0.144 e. The van der Waals surface area contributed by atoms with Crippen LogP contribution in [-0.2, 0) is 24.7 Å². The summed E-state index contributed by atoms with van der Waals surface area (Å²) in [6.07, 6.45) is 3.25. The minimum Gasteiger partial charge on any atom is -0.299 e. The summed E-state index contributed by atoms with van der Waals surface area (Å²) in [5, 5.41) is 4.99. The molecule has 0 bridgehead atoms. The van der Waals surface area contributed by atoms with Gasteiger partial charge in [0.15, 0.2) is 0 Å². The number of aromatic nitrogens is 2. The van der Waals surface area contributed by atoms with Crippen molar-refractivity contribution in [2.45, 2.75) is 39.5 Å². The van der Waals surface area contributed by atoms with Crippen molar-refractivity contribution in [3.05, 3.63) is 16.4 Å². The first-order chi connectivity index (χ1) is 7.48. The molecule has 0 unspecified atom stereocenters. The van der Waals surface area contributed by atoms with E-state index < -0.39 is 0 Å². The van der Waals surface area contributed by atoms with Gasteiger partial charge in [-0.1, -0.05) is 25.4 Å². The van der Waals surface area contributed by atoms with Crippen molar-refractivity contribution in [1.29, 1.82) is 0 Å². The first-order valence-corrected chi connectivity index (χ1v) is 6.09. The average Bonchev–Trinajstić information content (AvgIpc) is 2.94. The summed E-state index contributed by atoms with van der Waals surface area (Å²) in [5.74, 6) is 0.292. The van der Waals surface area contributed by atoms with Crippen molar-refractivity contribution in [1.82, 2.24) is 9.78 Å². The van der Waals surface area contributed by atoms with Crippen LogP contribution in [0.15, 0.2) is 0 Å². The summed E-state index contributed by atoms with van der Waals surface area (Å²) in [6.45, 7) is 4.04. The van der Waals surface area contributed by atoms with Crippen LogP contribution in [0.25, 0.3) is 0 Å². The van der Waals surface area contributed by atoms with Gasteiger partial charge in [-0.3, -0.25) is 9.48 Å². The van der Waals surface area contributed by atoms with E-state index in [1.807, 2.05) is 20.9 Å². The number of hydrogen-bond donors (Lipinski definition) is 0. The molecule has 1 heterocycles. The number of ketones is 1. The number of carbonyl (C=O) groups is 1. The lowest BCUT2D eigenvalue weighted by Crippen LogP contribution is -2.16. The molecule has 4 heteroatoms. The first kappa shape index (κ1) is 11.6. The number of halogens is 1. The lowest BCUT2D eigenvalue weighted by molar-refractivity contribution is -0.123. The lowest BCUT2D eigenvalue weighted by atomic mass is 9.99. The van der Waals surface area contributed by atoms with Crippen molar-refractivity contribution >= 4 is 17.4 Å². The van der Waals surface area contributed by atoms with E-state index in [4.69, 9.17) is 11.6 Å². The standard InChI is InChI=1S/C12H17ClN2O/c1-4-8-11(13)9(15(3)14-8)7-10(16)12(2)5-6-12/h4-7H2,1-3H3. The van der Waals surface area contributed by atoms with Crippen molar-refractivity contribution < 1.29 is 4.79 Å². The van der Waals surface area contributed by atoms with Gasteiger partial charge in [-0.2, -0.15) is 5.10 Å². The molecular formula is C12H17ClN2O. The van der Waals surface area contributed by atoms with Gasteiger partial charge in [-0.25, -0.2) is 0 Å². The van der Waals surface area contributed by atoms with Gasteiger partial charge in [-0.15, -0.1) is 0 Å². The molecule has 0 aliphatic heterocycles. The van der Waals surface area contributed by atoms with E-state index in [1.165, 1.54) is 0 Å². The molecule has 0 saturated heterocycles. The Hall–Kier alpha value is -0.830. The van der Waals surface area contributed by atoms with E-state index in [1.54, 1.807) is 4.68 Å². The Labute approximate surface area is 101 Å². The largest absolute Gasteiger partial charge is 0.299 e. The fourth-order valence-electron chi connectivity index (χ4n) is 1.84. The zero-order valence-corrected chi connectivity index (χ0v) is 10.8. The molecular weight excluding hydrogens is 224 g/mol. The van der Waals surface area contributed by atoms with Crippen LogP contribution in [0.4, 0.5) is 0 Å². The van der Waals surface area contributed by atoms with Gasteiger partial charge in [0, 0.05) is 12.5 Å². The minimum absolute atomic E-state index is 0.0834. The molecule has 1 aromatic heterocycles. The predicted molar refractivity (Wildman–Crippen MR) is 63.6 cm³/mol. The van der Waals surface area contributed by atoms with E-state index >= 15 is 0 Å². The zero-order valence-electron chi connectivity index (χ0n) is 10.0. The van der Waals surface area contributed by atoms with Crippen LogP contribution in [0.1, 0.15) is 38.1 Å². The van der Waals surface area contributed by atoms with E-state index in [0.29, 0.717) is 17.2 Å². The third-order valence-corrected chi connectivity index (χ3v) is 3.94. The number of Topliss-reactive ketones (excluding diaryl/α,β-unsaturated/α-hetero) is 1. The van der Waals surface area contributed by atoms with Gasteiger partial charge in [-0.05, 0) is 19.3 Å². The van der Waals surface area contributed by atoms with Gasteiger partial charge in [0.1, 0.15) is 5.78 Å². The Morgan fingerprint density at radius 2 is 2.19 bits per heavy atom. The van der Waals surface area contributed by atoms with Gasteiger partial charge in [0.05, 0.1) is 22.8 Å². The summed E-state index contributed by atoms with van der Waals surface area (Å²) in [7, 11) is 1.85. The normalized spacial score (nSPS) is 17.5. The summed E-state index contributed by atoms with van der Waals surface area (Å²) in [6, 6.07) is 0. The van der Waals surface area contributed by atoms with Gasteiger partial charge in [0.25, 0.3) is 0 Å². The second-order valence-corrected chi connectivity index (χ2v) is 5.22. The van der Waals surface area contributed by atoms with Crippen molar-refractivity contribution in [2.75, 3.05) is 0 Å². The molecule has 0 spiro atoms. The van der Waals surface area contributed by atoms with E-state index in [2.05, 4.69) is 5.10 Å². The van der Waals surface area contributed by atoms with Crippen LogP contribution in [-0.4, -0.2) is 15.6 Å². The Morgan fingerprint density at radius 1 is 1.56 bits per heavy atom. The summed E-state index contributed by atoms with van der Waals surface area (Å²) in [4.78, 5) is 12.0. The van der Waals surface area contributed by atoms with E-state index in [9.17, 15) is 4.79 Å². The molecule has 0 atom stereocenters. The first-order valence-electron chi connectivity index (χ1n) is 5.71. The summed E-state index contributed by atoms with van der Waals surface area (Å²) < 4.78 is 1.74. The zero-order chi connectivity index (χ0) is 11.9. The Bertz CT molecular complexity index is 432. The Balaban J connectivity index is 2.21. The SMILES string of the molecule is CCc1nn(C)c(CC(=O)C2(C)CC2)c1Cl. The van der Waals surface area contributed by atoms with E-state index in [0.717, 1.165) is 30.7 Å². The fourth-order valence-corrected chi connectivity index (χ4v) is 2.20. The molecule has 88 valence electrons. The summed E-state index contributed by atoms with van der Waals surface area (Å²) >= 11 is 6.21. The lowest BCUT2D eigenvalue weighted by Gasteiger charge is -2.07. The molecule has 1 fully saturated rings. The third kappa shape index (κ3) is 1.88. The number of nitrogens with zero attached hydrogens (tertiary/aromatic N) is 2. The minimum atomic E-state index is -0.0834. The van der Waals surface area contributed by atoms with Gasteiger partial charge < -0.3 is 0 Å². The quantitative estimate of drug-likeness (QED) is 0.811. The number of rotatable bonds is 4. The maximum atomic E-state index is 12.0. The second kappa shape index (κ2) is 3.88. The fraction of sp³-hybridized carbons (Fsp3) is 0.667. The molecule has 1 aliphatic carbocycles. The second-order valence-electron chi connectivity index (χ2n) is 4.85. The highest BCUT2D eigenvalue weighted by molar-refractivity contribution is 6.32. The molecule has 1 saturated carbocycles. The molecule has 0 amide bonds. The molecule has 3 nitrogen and oxygen atoms in total. The van der Waals surface area contributed by atoms with Crippen LogP contribution in [0.5, 0.6) is 0 Å². The van der Waals surface area contributed by atoms with Crippen molar-refractivity contribution in [3.8, 4) is 0 Å². The molecule has 16 heavy (non-hydrogen) atoms. The van der Waals surface area contributed by atoms with Gasteiger partial charge in [0.2, 0.25) is 0 Å². The molecule has 1 aromatic rings. The topological polar surface area (TPSA) is 34.9 Å². The van der Waals surface area contributed by atoms with Gasteiger partial charge >= 0.3 is 0 Å². The predicted octanol–water partition coefficient (Wildman–Crippen LogP) is 2.55. The number of hydrogen-bond acceptors (Lipinski definition) is 2. The van der Waals surface area contributed by atoms with Crippen LogP contribution in [0.2, 0.25) is 5.02 Å². The van der Waals surface area contributed by atoms with E-state index in [-0.39, 0.29) is 5.41 Å². The highest BCUT2D eigenvalue weighted by Crippen LogP contribution is 2.46. The van der Waals surface area contributed by atoms with Crippen molar-refractivity contribution in [2.24, 2.45) is 12.5 Å². The number of aryl methyl sites for hydroxylation is 2. The molecule has 2 rings (SSSR count). The monoisotopic (exact) mass is 240 g/mol. The highest BCUT2D eigenvalue weighted by atomic mass is 35.5. The Morgan fingerprint density at radius 3 is 2.62 bits per heavy atom. The summed E-state index contributed by atoms with van der Waals surface area (Å²) in [5.41, 5.74) is 1.66. The average molecular weight is 241 g/mol. The smallest absolute Gasteiger partial charge is 0.144 e. The molecule has 1 aliphatic rings. The highest BCUT2D eigenvalue weighted by Gasteiger charge is 2.44. The maximum absolute atomic E-state index is 12.0. The molecule has 0 radical (unpaired) electrons. The number of carbonyl (C=O) groups excluding carboxylic acids is 1. The van der Waals surface area contributed by atoms with Crippen LogP contribution in [0.3, 0.4) is 0 Å². The van der Waals surface area contributed by atoms with Crippen LogP contribution < -0.4 is 0 Å². The molecule has 0 N–H and O–H groups in total. The van der Waals surface area contributed by atoms with Crippen LogP contribution in [0, 0.1) is 5.41 Å². The van der Waals surface area contributed by atoms with Crippen LogP contribution >= 0.6 is 11.6 Å². The Kier molecular flexibility index (Phi) is 2.82. The third-order valence-electron chi connectivity index (χ3n) is 3.50. The molecule has 0 aromatic carbocycles.